The zero-order chi connectivity index (χ0) is 15.2. The maximum absolute atomic E-state index is 12.1. The summed E-state index contributed by atoms with van der Waals surface area (Å²) in [5.41, 5.74) is -0.423. The summed E-state index contributed by atoms with van der Waals surface area (Å²) in [6.07, 6.45) is -0.180. The minimum atomic E-state index is -0.423. The largest absolute Gasteiger partial charge is 0.444 e. The van der Waals surface area contributed by atoms with Crippen LogP contribution in [0.15, 0.2) is 9.98 Å². The van der Waals surface area contributed by atoms with Crippen LogP contribution < -0.4 is 4.90 Å². The molecule has 0 bridgehead atoms. The Hall–Kier alpha value is -0.820. The Morgan fingerprint density at radius 3 is 2.43 bits per heavy atom. The second kappa shape index (κ2) is 5.43. The number of anilines is 1. The summed E-state index contributed by atoms with van der Waals surface area (Å²) < 4.78 is 6.36. The van der Waals surface area contributed by atoms with Crippen LogP contribution in [0.5, 0.6) is 0 Å². The molecule has 5 nitrogen and oxygen atoms in total. The molecular weight excluding hydrogens is 354 g/mol. The van der Waals surface area contributed by atoms with E-state index in [4.69, 9.17) is 4.74 Å². The summed E-state index contributed by atoms with van der Waals surface area (Å²) in [4.78, 5) is 20.8. The molecule has 0 spiro atoms. The van der Waals surface area contributed by atoms with Crippen molar-refractivity contribution >= 4 is 38.5 Å². The predicted molar refractivity (Wildman–Crippen MR) is 86.8 cm³/mol. The van der Waals surface area contributed by atoms with Gasteiger partial charge in [0, 0.05) is 43.4 Å². The van der Waals surface area contributed by atoms with Crippen LogP contribution in [0, 0.1) is 11.8 Å². The summed E-state index contributed by atoms with van der Waals surface area (Å²) in [5, 5.41) is 3.08. The van der Waals surface area contributed by atoms with Crippen molar-refractivity contribution in [2.75, 3.05) is 31.1 Å². The van der Waals surface area contributed by atoms with Crippen molar-refractivity contribution in [3.63, 3.8) is 0 Å². The fourth-order valence-corrected chi connectivity index (χ4v) is 4.29. The van der Waals surface area contributed by atoms with Crippen LogP contribution >= 0.6 is 27.3 Å². The summed E-state index contributed by atoms with van der Waals surface area (Å²) in [6, 6.07) is 0. The van der Waals surface area contributed by atoms with Crippen molar-refractivity contribution in [3.8, 4) is 0 Å². The van der Waals surface area contributed by atoms with Gasteiger partial charge in [0.25, 0.3) is 0 Å². The first-order valence-corrected chi connectivity index (χ1v) is 8.83. The molecule has 21 heavy (non-hydrogen) atoms. The number of amides is 1. The van der Waals surface area contributed by atoms with E-state index in [0.717, 1.165) is 35.9 Å². The molecule has 3 rings (SSSR count). The monoisotopic (exact) mass is 373 g/mol. The van der Waals surface area contributed by atoms with Crippen LogP contribution in [0.4, 0.5) is 9.93 Å². The first-order valence-electron chi connectivity index (χ1n) is 7.16. The van der Waals surface area contributed by atoms with E-state index in [1.807, 2.05) is 31.1 Å². The van der Waals surface area contributed by atoms with Crippen molar-refractivity contribution in [3.05, 3.63) is 9.98 Å². The van der Waals surface area contributed by atoms with E-state index in [9.17, 15) is 4.79 Å². The highest BCUT2D eigenvalue weighted by atomic mass is 79.9. The highest BCUT2D eigenvalue weighted by Crippen LogP contribution is 2.36. The van der Waals surface area contributed by atoms with E-state index in [2.05, 4.69) is 25.8 Å². The number of carbonyl (C=O) groups excluding carboxylic acids is 1. The number of rotatable bonds is 1. The summed E-state index contributed by atoms with van der Waals surface area (Å²) in [7, 11) is 0. The van der Waals surface area contributed by atoms with Crippen LogP contribution in [-0.4, -0.2) is 47.8 Å². The molecule has 2 fully saturated rings. The van der Waals surface area contributed by atoms with Crippen LogP contribution in [0.3, 0.4) is 0 Å². The molecular formula is C14H20BrN3O2S. The van der Waals surface area contributed by atoms with Gasteiger partial charge in [-0.15, -0.1) is 11.3 Å². The van der Waals surface area contributed by atoms with Crippen LogP contribution in [0.2, 0.25) is 0 Å². The van der Waals surface area contributed by atoms with Crippen molar-refractivity contribution in [2.24, 2.45) is 11.8 Å². The molecule has 0 saturated carbocycles. The molecule has 1 aromatic rings. The second-order valence-electron chi connectivity index (χ2n) is 6.76. The molecule has 2 atom stereocenters. The Morgan fingerprint density at radius 1 is 1.33 bits per heavy atom. The lowest BCUT2D eigenvalue weighted by Crippen LogP contribution is -2.37. The van der Waals surface area contributed by atoms with Gasteiger partial charge >= 0.3 is 6.09 Å². The summed E-state index contributed by atoms with van der Waals surface area (Å²) >= 11 is 5.06. The van der Waals surface area contributed by atoms with Crippen LogP contribution in [-0.2, 0) is 4.74 Å². The molecule has 1 amide bonds. The lowest BCUT2D eigenvalue weighted by molar-refractivity contribution is 0.0282. The van der Waals surface area contributed by atoms with Crippen LogP contribution in [0.1, 0.15) is 20.8 Å². The standard InChI is InChI=1S/C14H20BrN3O2S/c1-14(2,3)20-13(19)18-6-9-4-17(5-10(9)7-18)12-16-11(15)8-21-12/h8-10H,4-7H2,1-3H3. The fourth-order valence-electron chi connectivity index (χ4n) is 3.02. The number of halogens is 1. The highest BCUT2D eigenvalue weighted by molar-refractivity contribution is 9.10. The van der Waals surface area contributed by atoms with Crippen molar-refractivity contribution in [1.29, 1.82) is 0 Å². The molecule has 116 valence electrons. The number of nitrogens with zero attached hydrogens (tertiary/aromatic N) is 3. The van der Waals surface area contributed by atoms with Gasteiger partial charge in [-0.25, -0.2) is 9.78 Å². The lowest BCUT2D eigenvalue weighted by atomic mass is 10.0. The van der Waals surface area contributed by atoms with Gasteiger partial charge in [-0.2, -0.15) is 0 Å². The number of fused-ring (bicyclic) bond motifs is 1. The minimum Gasteiger partial charge on any atom is -0.444 e. The molecule has 0 N–H and O–H groups in total. The third-order valence-corrected chi connectivity index (χ3v) is 5.48. The topological polar surface area (TPSA) is 45.7 Å². The molecule has 0 aliphatic carbocycles. The Labute approximate surface area is 137 Å². The Kier molecular flexibility index (Phi) is 3.90. The van der Waals surface area contributed by atoms with Crippen LogP contribution in [0.25, 0.3) is 0 Å². The zero-order valence-corrected chi connectivity index (χ0v) is 14.9. The molecule has 0 aromatic carbocycles. The molecule has 3 heterocycles. The number of likely N-dealkylation sites (tertiary alicyclic amines) is 1. The van der Waals surface area contributed by atoms with Crippen molar-refractivity contribution < 1.29 is 9.53 Å². The molecule has 0 radical (unpaired) electrons. The number of hydrogen-bond acceptors (Lipinski definition) is 5. The zero-order valence-electron chi connectivity index (χ0n) is 12.5. The van der Waals surface area contributed by atoms with Gasteiger partial charge in [0.05, 0.1) is 0 Å². The molecule has 7 heteroatoms. The SMILES string of the molecule is CC(C)(C)OC(=O)N1CC2CN(c3nc(Br)cs3)CC2C1. The van der Waals surface area contributed by atoms with E-state index in [0.29, 0.717) is 11.8 Å². The average molecular weight is 374 g/mol. The Bertz CT molecular complexity index is 529. The Morgan fingerprint density at radius 2 is 1.95 bits per heavy atom. The lowest BCUT2D eigenvalue weighted by Gasteiger charge is -2.25. The predicted octanol–water partition coefficient (Wildman–Crippen LogP) is 3.21. The Balaban J connectivity index is 1.58. The second-order valence-corrected chi connectivity index (χ2v) is 8.41. The minimum absolute atomic E-state index is 0.180. The molecule has 1 aromatic heterocycles. The van der Waals surface area contributed by atoms with Gasteiger partial charge < -0.3 is 14.5 Å². The number of thiazole rings is 1. The number of ether oxygens (including phenoxy) is 1. The van der Waals surface area contributed by atoms with Crippen molar-refractivity contribution in [1.82, 2.24) is 9.88 Å². The maximum Gasteiger partial charge on any atom is 0.410 e. The van der Waals surface area contributed by atoms with Gasteiger partial charge in [-0.1, -0.05) is 0 Å². The molecule has 2 unspecified atom stereocenters. The summed E-state index contributed by atoms with van der Waals surface area (Å²) in [6.45, 7) is 9.26. The fraction of sp³-hybridized carbons (Fsp3) is 0.714. The third kappa shape index (κ3) is 3.34. The number of hydrogen-bond donors (Lipinski definition) is 0. The van der Waals surface area contributed by atoms with E-state index in [1.54, 1.807) is 11.3 Å². The van der Waals surface area contributed by atoms with Gasteiger partial charge in [-0.3, -0.25) is 0 Å². The van der Waals surface area contributed by atoms with Gasteiger partial charge in [0.1, 0.15) is 10.2 Å². The normalized spacial score (nSPS) is 25.3. The maximum atomic E-state index is 12.1. The molecule has 2 aliphatic rings. The van der Waals surface area contributed by atoms with Gasteiger partial charge in [0.2, 0.25) is 0 Å². The first-order chi connectivity index (χ1) is 9.82. The summed E-state index contributed by atoms with van der Waals surface area (Å²) in [5.74, 6) is 1.06. The van der Waals surface area contributed by atoms with Gasteiger partial charge in [0.15, 0.2) is 5.13 Å². The molecule has 2 saturated heterocycles. The third-order valence-electron chi connectivity index (χ3n) is 3.87. The quantitative estimate of drug-likeness (QED) is 0.757. The molecule has 2 aliphatic heterocycles. The van der Waals surface area contributed by atoms with E-state index in [-0.39, 0.29) is 6.09 Å². The van der Waals surface area contributed by atoms with E-state index in [1.165, 1.54) is 0 Å². The smallest absolute Gasteiger partial charge is 0.410 e. The van der Waals surface area contributed by atoms with Gasteiger partial charge in [-0.05, 0) is 36.7 Å². The average Bonchev–Trinajstić information content (AvgIpc) is 2.98. The highest BCUT2D eigenvalue weighted by Gasteiger charge is 2.43. The van der Waals surface area contributed by atoms with Crippen molar-refractivity contribution in [2.45, 2.75) is 26.4 Å². The van der Waals surface area contributed by atoms with E-state index >= 15 is 0 Å². The number of carbonyl (C=O) groups is 1. The number of aromatic nitrogens is 1. The first kappa shape index (κ1) is 15.1. The van der Waals surface area contributed by atoms with E-state index < -0.39 is 5.60 Å².